The van der Waals surface area contributed by atoms with Gasteiger partial charge < -0.3 is 5.73 Å². The predicted molar refractivity (Wildman–Crippen MR) is 97.9 cm³/mol. The van der Waals surface area contributed by atoms with Crippen LogP contribution in [0.2, 0.25) is 0 Å². The van der Waals surface area contributed by atoms with E-state index in [1.165, 1.54) is 0 Å². The van der Waals surface area contributed by atoms with Crippen LogP contribution in [-0.4, -0.2) is 23.6 Å². The molecule has 1 aliphatic heterocycles. The summed E-state index contributed by atoms with van der Waals surface area (Å²) < 4.78 is 0.966. The van der Waals surface area contributed by atoms with Crippen molar-refractivity contribution in [3.8, 4) is 0 Å². The van der Waals surface area contributed by atoms with Gasteiger partial charge in [0.25, 0.3) is 0 Å². The lowest BCUT2D eigenvalue weighted by Gasteiger charge is -2.26. The Morgan fingerprint density at radius 1 is 1.39 bits per heavy atom. The number of aliphatic imine (C=N–C) groups is 1. The first kappa shape index (κ1) is 15.4. The van der Waals surface area contributed by atoms with Crippen LogP contribution in [0.3, 0.4) is 0 Å². The Hall–Kier alpha value is -2.54. The zero-order valence-electron chi connectivity index (χ0n) is 12.1. The number of benzene rings is 1. The monoisotopic (exact) mass is 370 g/mol. The standard InChI is InChI=1S/C16H15BrN6/c17-11-5-4-10-8-21-16(20)14(13(10)7-11)23-22-12-3-1-2-9(6-12)15(18)19/h1-8,10,13,20,22H,(H3,18,19). The Balaban J connectivity index is 1.87. The lowest BCUT2D eigenvalue weighted by Crippen LogP contribution is -2.34. The molecule has 0 aromatic heterocycles. The number of amidine groups is 2. The molecule has 1 heterocycles. The van der Waals surface area contributed by atoms with Gasteiger partial charge in [-0.05, 0) is 12.1 Å². The van der Waals surface area contributed by atoms with Crippen LogP contribution in [0.5, 0.6) is 0 Å². The third-order valence-electron chi connectivity index (χ3n) is 3.64. The van der Waals surface area contributed by atoms with Crippen molar-refractivity contribution >= 4 is 45.2 Å². The number of nitrogens with zero attached hydrogens (tertiary/aromatic N) is 2. The number of hydrogen-bond acceptors (Lipinski definition) is 4. The zero-order chi connectivity index (χ0) is 16.4. The maximum atomic E-state index is 8.02. The number of anilines is 1. The molecule has 2 atom stereocenters. The van der Waals surface area contributed by atoms with Crippen LogP contribution in [0, 0.1) is 22.7 Å². The van der Waals surface area contributed by atoms with E-state index in [4.69, 9.17) is 16.6 Å². The molecule has 116 valence electrons. The second kappa shape index (κ2) is 6.29. The number of nitrogen functional groups attached to an aromatic ring is 1. The Bertz CT molecular complexity index is 790. The summed E-state index contributed by atoms with van der Waals surface area (Å²) in [7, 11) is 0. The van der Waals surface area contributed by atoms with Crippen molar-refractivity contribution in [2.75, 3.05) is 5.43 Å². The van der Waals surface area contributed by atoms with E-state index < -0.39 is 0 Å². The smallest absolute Gasteiger partial charge is 0.168 e. The number of allylic oxidation sites excluding steroid dienone is 4. The summed E-state index contributed by atoms with van der Waals surface area (Å²) >= 11 is 3.47. The highest BCUT2D eigenvalue weighted by molar-refractivity contribution is 9.11. The average Bonchev–Trinajstić information content (AvgIpc) is 2.54. The predicted octanol–water partition coefficient (Wildman–Crippen LogP) is 2.88. The van der Waals surface area contributed by atoms with Gasteiger partial charge in [0.15, 0.2) is 5.84 Å². The van der Waals surface area contributed by atoms with Crippen LogP contribution < -0.4 is 11.2 Å². The molecule has 1 aromatic carbocycles. The fourth-order valence-electron chi connectivity index (χ4n) is 2.46. The molecule has 0 amide bonds. The minimum atomic E-state index is -0.0251. The van der Waals surface area contributed by atoms with Crippen LogP contribution >= 0.6 is 15.9 Å². The summed E-state index contributed by atoms with van der Waals surface area (Å²) in [4.78, 5) is 4.12. The molecular weight excluding hydrogens is 356 g/mol. The summed E-state index contributed by atoms with van der Waals surface area (Å²) in [6, 6.07) is 7.13. The molecule has 0 saturated carbocycles. The SMILES string of the molecule is N=C1N=CC2C=CC(Br)=CC2C1=NNc1cccc(C(=N)N)c1. The number of fused-ring (bicyclic) bond motifs is 1. The number of rotatable bonds is 3. The maximum Gasteiger partial charge on any atom is 0.168 e. The van der Waals surface area contributed by atoms with Gasteiger partial charge in [-0.15, -0.1) is 0 Å². The van der Waals surface area contributed by atoms with Gasteiger partial charge in [-0.3, -0.25) is 16.2 Å². The number of halogens is 1. The normalized spacial score (nSPS) is 24.3. The highest BCUT2D eigenvalue weighted by Crippen LogP contribution is 2.29. The Morgan fingerprint density at radius 3 is 3.00 bits per heavy atom. The van der Waals surface area contributed by atoms with Gasteiger partial charge in [0.05, 0.1) is 5.69 Å². The van der Waals surface area contributed by atoms with Gasteiger partial charge in [-0.2, -0.15) is 5.10 Å². The van der Waals surface area contributed by atoms with Crippen molar-refractivity contribution in [3.05, 3.63) is 52.5 Å². The first-order valence-corrected chi connectivity index (χ1v) is 7.80. The number of nitrogens with one attached hydrogen (secondary N) is 3. The Morgan fingerprint density at radius 2 is 2.22 bits per heavy atom. The molecule has 0 fully saturated rings. The fourth-order valence-corrected chi connectivity index (χ4v) is 2.90. The summed E-state index contributed by atoms with van der Waals surface area (Å²) in [6.45, 7) is 0. The van der Waals surface area contributed by atoms with Gasteiger partial charge in [-0.25, -0.2) is 4.99 Å². The fraction of sp³-hybridized carbons (Fsp3) is 0.125. The minimum Gasteiger partial charge on any atom is -0.384 e. The molecule has 0 spiro atoms. The molecule has 2 unspecified atom stereocenters. The third-order valence-corrected chi connectivity index (χ3v) is 4.17. The summed E-state index contributed by atoms with van der Waals surface area (Å²) in [5.41, 5.74) is 10.3. The Labute approximate surface area is 142 Å². The second-order valence-electron chi connectivity index (χ2n) is 5.24. The number of hydrogen-bond donors (Lipinski definition) is 4. The van der Waals surface area contributed by atoms with Gasteiger partial charge in [0.1, 0.15) is 11.5 Å². The zero-order valence-corrected chi connectivity index (χ0v) is 13.7. The van der Waals surface area contributed by atoms with Crippen molar-refractivity contribution < 1.29 is 0 Å². The molecule has 23 heavy (non-hydrogen) atoms. The Kier molecular flexibility index (Phi) is 4.20. The van der Waals surface area contributed by atoms with Gasteiger partial charge in [0.2, 0.25) is 0 Å². The highest BCUT2D eigenvalue weighted by Gasteiger charge is 2.30. The van der Waals surface area contributed by atoms with Crippen LogP contribution in [0.1, 0.15) is 5.56 Å². The first-order chi connectivity index (χ1) is 11.0. The van der Waals surface area contributed by atoms with E-state index in [0.717, 1.165) is 4.48 Å². The van der Waals surface area contributed by atoms with Crippen LogP contribution in [0.25, 0.3) is 0 Å². The quantitative estimate of drug-likeness (QED) is 0.372. The minimum absolute atomic E-state index is 0.000609. The maximum absolute atomic E-state index is 8.02. The molecule has 1 aliphatic carbocycles. The first-order valence-electron chi connectivity index (χ1n) is 7.01. The molecule has 0 radical (unpaired) electrons. The van der Waals surface area contributed by atoms with Crippen LogP contribution in [0.4, 0.5) is 5.69 Å². The molecule has 0 saturated heterocycles. The summed E-state index contributed by atoms with van der Waals surface area (Å²) in [6.07, 6.45) is 7.81. The molecule has 3 rings (SSSR count). The van der Waals surface area contributed by atoms with E-state index in [9.17, 15) is 0 Å². The average molecular weight is 371 g/mol. The highest BCUT2D eigenvalue weighted by atomic mass is 79.9. The second-order valence-corrected chi connectivity index (χ2v) is 6.16. The van der Waals surface area contributed by atoms with Crippen molar-refractivity contribution in [1.82, 2.24) is 0 Å². The van der Waals surface area contributed by atoms with Crippen molar-refractivity contribution in [3.63, 3.8) is 0 Å². The van der Waals surface area contributed by atoms with Crippen LogP contribution in [-0.2, 0) is 0 Å². The lowest BCUT2D eigenvalue weighted by molar-refractivity contribution is 0.749. The van der Waals surface area contributed by atoms with Crippen LogP contribution in [0.15, 0.2) is 57.1 Å². The van der Waals surface area contributed by atoms with E-state index in [1.54, 1.807) is 24.4 Å². The van der Waals surface area contributed by atoms with Gasteiger partial charge >= 0.3 is 0 Å². The molecule has 2 aliphatic rings. The molecule has 7 heteroatoms. The van der Waals surface area contributed by atoms with E-state index in [0.29, 0.717) is 17.0 Å². The number of nitrogens with two attached hydrogens (primary N) is 1. The third kappa shape index (κ3) is 3.29. The summed E-state index contributed by atoms with van der Waals surface area (Å²) in [5.74, 6) is 0.228. The number of hydrazone groups is 1. The topological polar surface area (TPSA) is 110 Å². The van der Waals surface area contributed by atoms with Crippen molar-refractivity contribution in [1.29, 1.82) is 10.8 Å². The molecule has 6 nitrogen and oxygen atoms in total. The van der Waals surface area contributed by atoms with Gasteiger partial charge in [0, 0.05) is 28.1 Å². The molecule has 0 bridgehead atoms. The lowest BCUT2D eigenvalue weighted by atomic mass is 9.83. The van der Waals surface area contributed by atoms with E-state index in [2.05, 4.69) is 31.4 Å². The molecule has 1 aromatic rings. The largest absolute Gasteiger partial charge is 0.384 e. The van der Waals surface area contributed by atoms with E-state index in [1.807, 2.05) is 24.3 Å². The summed E-state index contributed by atoms with van der Waals surface area (Å²) in [5, 5.41) is 19.9. The van der Waals surface area contributed by atoms with Crippen molar-refractivity contribution in [2.24, 2.45) is 27.7 Å². The van der Waals surface area contributed by atoms with Gasteiger partial charge in [-0.1, -0.05) is 46.3 Å². The van der Waals surface area contributed by atoms with Crippen molar-refractivity contribution in [2.45, 2.75) is 0 Å². The molecular formula is C16H15BrN6. The molecule has 5 N–H and O–H groups in total. The van der Waals surface area contributed by atoms with E-state index in [-0.39, 0.29) is 23.5 Å². The van der Waals surface area contributed by atoms with E-state index >= 15 is 0 Å².